The summed E-state index contributed by atoms with van der Waals surface area (Å²) in [5.74, 6) is -2.05. The lowest BCUT2D eigenvalue weighted by Gasteiger charge is -2.06. The van der Waals surface area contributed by atoms with E-state index in [9.17, 15) is 14.9 Å². The van der Waals surface area contributed by atoms with Gasteiger partial charge >= 0.3 is 11.9 Å². The van der Waals surface area contributed by atoms with Gasteiger partial charge in [0.1, 0.15) is 6.07 Å². The molecular formula is C19H12N2O4. The molecule has 0 aliphatic rings. The molecule has 1 heterocycles. The Kier molecular flexibility index (Phi) is 4.06. The Hall–Kier alpha value is -3.85. The topological polar surface area (TPSA) is 103 Å². The van der Waals surface area contributed by atoms with Crippen molar-refractivity contribution in [3.8, 4) is 11.8 Å². The van der Waals surface area contributed by atoms with E-state index in [1.165, 1.54) is 18.2 Å². The fourth-order valence-electron chi connectivity index (χ4n) is 2.59. The Morgan fingerprint density at radius 2 is 1.80 bits per heavy atom. The highest BCUT2D eigenvalue weighted by Gasteiger charge is 2.11. The molecule has 0 atom stereocenters. The Bertz CT molecular complexity index is 1050. The standard InChI is InChI=1S/C19H12N2O4/c20-10-14-11-21(15-5-3-13(4-6-15)19(24)25)17-7-1-12(9-16(14)17)2-8-18(22)23/h1-9,11H,(H,22,23)(H,24,25). The Morgan fingerprint density at radius 1 is 1.08 bits per heavy atom. The van der Waals surface area contributed by atoms with Crippen LogP contribution in [-0.2, 0) is 4.79 Å². The second kappa shape index (κ2) is 6.34. The molecular weight excluding hydrogens is 320 g/mol. The van der Waals surface area contributed by atoms with E-state index in [-0.39, 0.29) is 5.56 Å². The number of fused-ring (bicyclic) bond motifs is 1. The van der Waals surface area contributed by atoms with Crippen molar-refractivity contribution in [1.82, 2.24) is 4.57 Å². The van der Waals surface area contributed by atoms with Crippen molar-refractivity contribution in [2.75, 3.05) is 0 Å². The van der Waals surface area contributed by atoms with Gasteiger partial charge in [-0.2, -0.15) is 5.26 Å². The van der Waals surface area contributed by atoms with Crippen molar-refractivity contribution >= 4 is 28.9 Å². The van der Waals surface area contributed by atoms with Crippen molar-refractivity contribution in [2.24, 2.45) is 0 Å². The summed E-state index contributed by atoms with van der Waals surface area (Å²) in [6.45, 7) is 0. The number of nitriles is 1. The van der Waals surface area contributed by atoms with Gasteiger partial charge in [0, 0.05) is 23.3 Å². The molecule has 0 fully saturated rings. The number of aliphatic carboxylic acids is 1. The maximum absolute atomic E-state index is 11.0. The number of aromatic nitrogens is 1. The predicted octanol–water partition coefficient (Wildman–Crippen LogP) is 3.30. The minimum Gasteiger partial charge on any atom is -0.478 e. The first-order valence-electron chi connectivity index (χ1n) is 7.29. The molecule has 0 radical (unpaired) electrons. The lowest BCUT2D eigenvalue weighted by atomic mass is 10.1. The molecule has 0 saturated carbocycles. The zero-order chi connectivity index (χ0) is 18.0. The highest BCUT2D eigenvalue weighted by molar-refractivity contribution is 5.92. The van der Waals surface area contributed by atoms with Gasteiger partial charge in [-0.15, -0.1) is 0 Å². The fourth-order valence-corrected chi connectivity index (χ4v) is 2.59. The number of carbonyl (C=O) groups is 2. The average Bonchev–Trinajstić information content (AvgIpc) is 2.98. The quantitative estimate of drug-likeness (QED) is 0.714. The van der Waals surface area contributed by atoms with Gasteiger partial charge < -0.3 is 14.8 Å². The molecule has 3 aromatic rings. The maximum Gasteiger partial charge on any atom is 0.335 e. The third-order valence-electron chi connectivity index (χ3n) is 3.76. The lowest BCUT2D eigenvalue weighted by Crippen LogP contribution is -1.97. The van der Waals surface area contributed by atoms with Gasteiger partial charge in [0.2, 0.25) is 0 Å². The van der Waals surface area contributed by atoms with Crippen LogP contribution in [0.4, 0.5) is 0 Å². The second-order valence-electron chi connectivity index (χ2n) is 5.32. The first-order chi connectivity index (χ1) is 12.0. The third-order valence-corrected chi connectivity index (χ3v) is 3.76. The molecule has 0 aliphatic heterocycles. The number of carboxylic acids is 2. The summed E-state index contributed by atoms with van der Waals surface area (Å²) in [6.07, 6.45) is 4.17. The van der Waals surface area contributed by atoms with Crippen LogP contribution in [0.1, 0.15) is 21.5 Å². The van der Waals surface area contributed by atoms with Crippen molar-refractivity contribution in [3.05, 3.63) is 71.4 Å². The Labute approximate surface area is 142 Å². The molecule has 6 nitrogen and oxygen atoms in total. The van der Waals surface area contributed by atoms with Crippen molar-refractivity contribution in [3.63, 3.8) is 0 Å². The first-order valence-corrected chi connectivity index (χ1v) is 7.29. The van der Waals surface area contributed by atoms with Crippen molar-refractivity contribution < 1.29 is 19.8 Å². The second-order valence-corrected chi connectivity index (χ2v) is 5.32. The zero-order valence-corrected chi connectivity index (χ0v) is 12.9. The smallest absolute Gasteiger partial charge is 0.335 e. The third kappa shape index (κ3) is 3.12. The van der Waals surface area contributed by atoms with Gasteiger partial charge in [-0.3, -0.25) is 0 Å². The predicted molar refractivity (Wildman–Crippen MR) is 91.6 cm³/mol. The molecule has 2 N–H and O–H groups in total. The van der Waals surface area contributed by atoms with E-state index < -0.39 is 11.9 Å². The van der Waals surface area contributed by atoms with Crippen LogP contribution in [0.3, 0.4) is 0 Å². The highest BCUT2D eigenvalue weighted by atomic mass is 16.4. The van der Waals surface area contributed by atoms with E-state index in [0.717, 1.165) is 17.3 Å². The van der Waals surface area contributed by atoms with Crippen molar-refractivity contribution in [2.45, 2.75) is 0 Å². The van der Waals surface area contributed by atoms with E-state index in [2.05, 4.69) is 6.07 Å². The van der Waals surface area contributed by atoms with Crippen LogP contribution in [-0.4, -0.2) is 26.7 Å². The molecule has 0 saturated heterocycles. The van der Waals surface area contributed by atoms with E-state index >= 15 is 0 Å². The first kappa shape index (κ1) is 16.0. The lowest BCUT2D eigenvalue weighted by molar-refractivity contribution is -0.131. The molecule has 0 bridgehead atoms. The SMILES string of the molecule is N#Cc1cn(-c2ccc(C(=O)O)cc2)c2ccc(C=CC(=O)O)cc12. The van der Waals surface area contributed by atoms with E-state index in [1.54, 1.807) is 41.1 Å². The number of benzene rings is 2. The normalized spacial score (nSPS) is 10.8. The molecule has 0 amide bonds. The summed E-state index contributed by atoms with van der Waals surface area (Å²) in [5, 5.41) is 27.8. The fraction of sp³-hybridized carbons (Fsp3) is 0. The molecule has 25 heavy (non-hydrogen) atoms. The summed E-state index contributed by atoms with van der Waals surface area (Å²) in [5.41, 5.74) is 2.80. The summed E-state index contributed by atoms with van der Waals surface area (Å²) in [6, 6.07) is 13.8. The van der Waals surface area contributed by atoms with Crippen LogP contribution < -0.4 is 0 Å². The number of carboxylic acid groups (broad SMARTS) is 2. The van der Waals surface area contributed by atoms with Gasteiger partial charge in [-0.1, -0.05) is 6.07 Å². The van der Waals surface area contributed by atoms with Crippen LogP contribution in [0.2, 0.25) is 0 Å². The van der Waals surface area contributed by atoms with Gasteiger partial charge in [-0.25, -0.2) is 9.59 Å². The Morgan fingerprint density at radius 3 is 2.40 bits per heavy atom. The molecule has 3 rings (SSSR count). The molecule has 0 spiro atoms. The Balaban J connectivity index is 2.12. The minimum absolute atomic E-state index is 0.182. The minimum atomic E-state index is -1.04. The number of rotatable bonds is 4. The van der Waals surface area contributed by atoms with Crippen LogP contribution >= 0.6 is 0 Å². The molecule has 2 aromatic carbocycles. The van der Waals surface area contributed by atoms with Crippen LogP contribution in [0, 0.1) is 11.3 Å². The van der Waals surface area contributed by atoms with Crippen LogP contribution in [0.5, 0.6) is 0 Å². The summed E-state index contributed by atoms with van der Waals surface area (Å²) in [4.78, 5) is 21.6. The molecule has 122 valence electrons. The molecule has 1 aromatic heterocycles. The number of aromatic carboxylic acids is 1. The monoisotopic (exact) mass is 332 g/mol. The summed E-state index contributed by atoms with van der Waals surface area (Å²) < 4.78 is 1.80. The number of hydrogen-bond acceptors (Lipinski definition) is 3. The largest absolute Gasteiger partial charge is 0.478 e. The summed E-state index contributed by atoms with van der Waals surface area (Å²) >= 11 is 0. The average molecular weight is 332 g/mol. The van der Waals surface area contributed by atoms with E-state index in [0.29, 0.717) is 16.5 Å². The maximum atomic E-state index is 11.0. The van der Waals surface area contributed by atoms with E-state index in [4.69, 9.17) is 10.2 Å². The van der Waals surface area contributed by atoms with Gasteiger partial charge in [0.25, 0.3) is 0 Å². The van der Waals surface area contributed by atoms with Gasteiger partial charge in [-0.05, 0) is 48.0 Å². The van der Waals surface area contributed by atoms with Crippen molar-refractivity contribution in [1.29, 1.82) is 5.26 Å². The van der Waals surface area contributed by atoms with Crippen LogP contribution in [0.25, 0.3) is 22.7 Å². The van der Waals surface area contributed by atoms with E-state index in [1.807, 2.05) is 0 Å². The van der Waals surface area contributed by atoms with Gasteiger partial charge in [0.05, 0.1) is 16.6 Å². The molecule has 6 heteroatoms. The molecule has 0 unspecified atom stereocenters. The zero-order valence-electron chi connectivity index (χ0n) is 12.9. The summed E-state index contributed by atoms with van der Waals surface area (Å²) in [7, 11) is 0. The van der Waals surface area contributed by atoms with Gasteiger partial charge in [0.15, 0.2) is 0 Å². The molecule has 0 aliphatic carbocycles. The van der Waals surface area contributed by atoms with Crippen LogP contribution in [0.15, 0.2) is 54.7 Å². The highest BCUT2D eigenvalue weighted by Crippen LogP contribution is 2.26. The number of hydrogen-bond donors (Lipinski definition) is 2. The number of nitrogens with zero attached hydrogens (tertiary/aromatic N) is 2.